The van der Waals surface area contributed by atoms with Crippen molar-refractivity contribution in [3.63, 3.8) is 0 Å². The summed E-state index contributed by atoms with van der Waals surface area (Å²) in [5.41, 5.74) is 1.81. The molecular formula is C19H23NO6S. The van der Waals surface area contributed by atoms with E-state index < -0.39 is 9.84 Å². The van der Waals surface area contributed by atoms with Gasteiger partial charge in [0.25, 0.3) is 5.91 Å². The monoisotopic (exact) mass is 393 g/mol. The van der Waals surface area contributed by atoms with Gasteiger partial charge in [-0.1, -0.05) is 12.1 Å². The summed E-state index contributed by atoms with van der Waals surface area (Å²) in [6, 6.07) is 9.90. The van der Waals surface area contributed by atoms with Gasteiger partial charge in [-0.05, 0) is 23.8 Å². The summed E-state index contributed by atoms with van der Waals surface area (Å²) in [5, 5.41) is 2.81. The molecule has 2 aromatic carbocycles. The number of nitrogens with one attached hydrogen (secondary N) is 1. The number of rotatable bonds is 8. The molecule has 0 saturated carbocycles. The molecule has 0 saturated heterocycles. The van der Waals surface area contributed by atoms with Gasteiger partial charge in [-0.3, -0.25) is 4.79 Å². The van der Waals surface area contributed by atoms with Gasteiger partial charge in [0.05, 0.1) is 27.1 Å². The highest BCUT2D eigenvalue weighted by Gasteiger charge is 2.13. The standard InChI is InChI=1S/C19H23NO6S/c1-24-16-10-18(26-3)17(25-2)9-15(16)11-20-19(21)14-7-5-13(6-8-14)12-27(4,22)23/h5-10H,11-12H2,1-4H3,(H,20,21). The second kappa shape index (κ2) is 8.77. The Morgan fingerprint density at radius 3 is 2.00 bits per heavy atom. The van der Waals surface area contributed by atoms with Crippen LogP contribution >= 0.6 is 0 Å². The van der Waals surface area contributed by atoms with Gasteiger partial charge in [-0.15, -0.1) is 0 Å². The fraction of sp³-hybridized carbons (Fsp3) is 0.316. The van der Waals surface area contributed by atoms with Gasteiger partial charge < -0.3 is 19.5 Å². The lowest BCUT2D eigenvalue weighted by molar-refractivity contribution is 0.0950. The number of hydrogen-bond donors (Lipinski definition) is 1. The zero-order valence-electron chi connectivity index (χ0n) is 15.7. The van der Waals surface area contributed by atoms with Crippen molar-refractivity contribution < 1.29 is 27.4 Å². The van der Waals surface area contributed by atoms with Crippen LogP contribution in [-0.4, -0.2) is 41.9 Å². The molecule has 2 aromatic rings. The Labute approximate surface area is 159 Å². The van der Waals surface area contributed by atoms with Crippen LogP contribution in [0.3, 0.4) is 0 Å². The van der Waals surface area contributed by atoms with E-state index in [0.29, 0.717) is 28.4 Å². The van der Waals surface area contributed by atoms with Crippen molar-refractivity contribution in [2.45, 2.75) is 12.3 Å². The third-order valence-electron chi connectivity index (χ3n) is 3.87. The molecule has 0 aliphatic rings. The van der Waals surface area contributed by atoms with E-state index >= 15 is 0 Å². The highest BCUT2D eigenvalue weighted by atomic mass is 32.2. The molecule has 0 spiro atoms. The van der Waals surface area contributed by atoms with E-state index in [1.165, 1.54) is 27.6 Å². The molecule has 2 rings (SSSR count). The maximum absolute atomic E-state index is 12.4. The van der Waals surface area contributed by atoms with Crippen molar-refractivity contribution in [2.75, 3.05) is 27.6 Å². The summed E-state index contributed by atoms with van der Waals surface area (Å²) >= 11 is 0. The van der Waals surface area contributed by atoms with Crippen molar-refractivity contribution in [1.82, 2.24) is 5.32 Å². The van der Waals surface area contributed by atoms with Crippen LogP contribution in [0.2, 0.25) is 0 Å². The van der Waals surface area contributed by atoms with Crippen LogP contribution < -0.4 is 19.5 Å². The molecule has 0 unspecified atom stereocenters. The van der Waals surface area contributed by atoms with E-state index in [1.54, 1.807) is 36.4 Å². The van der Waals surface area contributed by atoms with Crippen LogP contribution in [0.4, 0.5) is 0 Å². The maximum Gasteiger partial charge on any atom is 0.251 e. The van der Waals surface area contributed by atoms with Crippen molar-refractivity contribution in [1.29, 1.82) is 0 Å². The van der Waals surface area contributed by atoms with Gasteiger partial charge in [0.2, 0.25) is 0 Å². The quantitative estimate of drug-likeness (QED) is 0.739. The molecule has 0 aromatic heterocycles. The summed E-state index contributed by atoms with van der Waals surface area (Å²) in [6.07, 6.45) is 1.17. The minimum atomic E-state index is -3.11. The van der Waals surface area contributed by atoms with Crippen LogP contribution in [-0.2, 0) is 22.1 Å². The van der Waals surface area contributed by atoms with Crippen LogP contribution in [0.5, 0.6) is 17.2 Å². The predicted octanol–water partition coefficient (Wildman–Crippen LogP) is 2.19. The van der Waals surface area contributed by atoms with Gasteiger partial charge in [-0.2, -0.15) is 0 Å². The highest BCUT2D eigenvalue weighted by Crippen LogP contribution is 2.34. The summed E-state index contributed by atoms with van der Waals surface area (Å²) in [6.45, 7) is 0.230. The third-order valence-corrected chi connectivity index (χ3v) is 4.73. The van der Waals surface area contributed by atoms with Crippen LogP contribution in [0.15, 0.2) is 36.4 Å². The van der Waals surface area contributed by atoms with Gasteiger partial charge in [0.15, 0.2) is 21.3 Å². The number of carbonyl (C=O) groups excluding carboxylic acids is 1. The van der Waals surface area contributed by atoms with Crippen molar-refractivity contribution >= 4 is 15.7 Å². The molecule has 0 aliphatic heterocycles. The fourth-order valence-corrected chi connectivity index (χ4v) is 3.36. The average molecular weight is 393 g/mol. The molecule has 0 aliphatic carbocycles. The molecule has 0 fully saturated rings. The fourth-order valence-electron chi connectivity index (χ4n) is 2.56. The average Bonchev–Trinajstić information content (AvgIpc) is 2.64. The first-order chi connectivity index (χ1) is 12.8. The Balaban J connectivity index is 2.11. The predicted molar refractivity (Wildman–Crippen MR) is 102 cm³/mol. The number of carbonyl (C=O) groups is 1. The molecule has 0 heterocycles. The molecule has 0 atom stereocenters. The second-order valence-corrected chi connectivity index (χ2v) is 8.11. The van der Waals surface area contributed by atoms with E-state index in [0.717, 1.165) is 5.56 Å². The van der Waals surface area contributed by atoms with Gasteiger partial charge >= 0.3 is 0 Å². The van der Waals surface area contributed by atoms with Gasteiger partial charge in [0, 0.05) is 30.0 Å². The number of amides is 1. The SMILES string of the molecule is COc1cc(OC)c(OC)cc1CNC(=O)c1ccc(CS(C)(=O)=O)cc1. The number of benzene rings is 2. The minimum absolute atomic E-state index is 0.0578. The minimum Gasteiger partial charge on any atom is -0.496 e. The number of hydrogen-bond acceptors (Lipinski definition) is 6. The molecule has 146 valence electrons. The Morgan fingerprint density at radius 2 is 1.48 bits per heavy atom. The molecule has 8 heteroatoms. The van der Waals surface area contributed by atoms with Crippen molar-refractivity contribution in [3.8, 4) is 17.2 Å². The zero-order valence-corrected chi connectivity index (χ0v) is 16.6. The topological polar surface area (TPSA) is 90.9 Å². The lowest BCUT2D eigenvalue weighted by Gasteiger charge is -2.14. The molecule has 1 N–H and O–H groups in total. The van der Waals surface area contributed by atoms with E-state index in [9.17, 15) is 13.2 Å². The molecular weight excluding hydrogens is 370 g/mol. The van der Waals surface area contributed by atoms with E-state index in [2.05, 4.69) is 5.32 Å². The second-order valence-electron chi connectivity index (χ2n) is 5.97. The van der Waals surface area contributed by atoms with Gasteiger partial charge in [0.1, 0.15) is 5.75 Å². The normalized spacial score (nSPS) is 11.0. The third kappa shape index (κ3) is 5.62. The first kappa shape index (κ1) is 20.6. The molecule has 7 nitrogen and oxygen atoms in total. The zero-order chi connectivity index (χ0) is 20.0. The maximum atomic E-state index is 12.4. The summed E-state index contributed by atoms with van der Waals surface area (Å²) in [5.74, 6) is 1.30. The van der Waals surface area contributed by atoms with Crippen LogP contribution in [0.1, 0.15) is 21.5 Å². The largest absolute Gasteiger partial charge is 0.496 e. The summed E-state index contributed by atoms with van der Waals surface area (Å²) in [7, 11) is 1.49. The highest BCUT2D eigenvalue weighted by molar-refractivity contribution is 7.89. The Morgan fingerprint density at radius 1 is 0.926 bits per heavy atom. The van der Waals surface area contributed by atoms with Crippen LogP contribution in [0.25, 0.3) is 0 Å². The van der Waals surface area contributed by atoms with E-state index in [-0.39, 0.29) is 18.2 Å². The Bertz CT molecular complexity index is 907. The van der Waals surface area contributed by atoms with Crippen molar-refractivity contribution in [3.05, 3.63) is 53.1 Å². The molecule has 0 radical (unpaired) electrons. The Hall–Kier alpha value is -2.74. The number of ether oxygens (including phenoxy) is 3. The molecule has 0 bridgehead atoms. The molecule has 27 heavy (non-hydrogen) atoms. The number of methoxy groups -OCH3 is 3. The van der Waals surface area contributed by atoms with E-state index in [4.69, 9.17) is 14.2 Å². The first-order valence-electron chi connectivity index (χ1n) is 8.11. The summed E-state index contributed by atoms with van der Waals surface area (Å²) in [4.78, 5) is 12.4. The summed E-state index contributed by atoms with van der Waals surface area (Å²) < 4.78 is 38.5. The number of sulfone groups is 1. The smallest absolute Gasteiger partial charge is 0.251 e. The van der Waals surface area contributed by atoms with Crippen LogP contribution in [0, 0.1) is 0 Å². The lowest BCUT2D eigenvalue weighted by atomic mass is 10.1. The Kier molecular flexibility index (Phi) is 6.68. The van der Waals surface area contributed by atoms with Gasteiger partial charge in [-0.25, -0.2) is 8.42 Å². The van der Waals surface area contributed by atoms with E-state index in [1.807, 2.05) is 0 Å². The van der Waals surface area contributed by atoms with Crippen molar-refractivity contribution in [2.24, 2.45) is 0 Å². The molecule has 1 amide bonds. The lowest BCUT2D eigenvalue weighted by Crippen LogP contribution is -2.23. The first-order valence-corrected chi connectivity index (χ1v) is 10.2.